The van der Waals surface area contributed by atoms with Crippen LogP contribution in [0.4, 0.5) is 0 Å². The molecule has 7 heteroatoms. The van der Waals surface area contributed by atoms with Crippen LogP contribution in [0.5, 0.6) is 0 Å². The number of hydrogen-bond acceptors (Lipinski definition) is 5. The number of ether oxygens (including phenoxy) is 4. The van der Waals surface area contributed by atoms with Gasteiger partial charge in [-0.2, -0.15) is 0 Å². The predicted molar refractivity (Wildman–Crippen MR) is 138 cm³/mol. The molecule has 1 N–H and O–H groups in total. The second-order valence-corrected chi connectivity index (χ2v) is 11.4. The van der Waals surface area contributed by atoms with Crippen molar-refractivity contribution in [1.82, 2.24) is 5.32 Å². The van der Waals surface area contributed by atoms with Crippen LogP contribution in [-0.2, 0) is 37.0 Å². The fourth-order valence-corrected chi connectivity index (χ4v) is 5.49. The van der Waals surface area contributed by atoms with E-state index in [4.69, 9.17) is 30.5 Å². The van der Waals surface area contributed by atoms with Crippen LogP contribution in [0, 0.1) is 12.8 Å². The zero-order valence-electron chi connectivity index (χ0n) is 21.3. The van der Waals surface area contributed by atoms with Gasteiger partial charge in [0.15, 0.2) is 11.4 Å². The molecule has 1 aliphatic heterocycles. The fraction of sp³-hybridized carbons (Fsp3) is 0.552. The second-order valence-electron chi connectivity index (χ2n) is 11.0. The molecule has 3 fully saturated rings. The third kappa shape index (κ3) is 6.12. The number of carbonyl (C=O) groups is 1. The molecule has 1 unspecified atom stereocenters. The molecule has 2 saturated carbocycles. The molecule has 5 rings (SSSR count). The molecular weight excluding hydrogens is 478 g/mol. The molecule has 36 heavy (non-hydrogen) atoms. The van der Waals surface area contributed by atoms with Gasteiger partial charge in [-0.3, -0.25) is 4.79 Å². The number of carbonyl (C=O) groups excluding carboxylic acids is 1. The predicted octanol–water partition coefficient (Wildman–Crippen LogP) is 5.33. The Hall–Kier alpha value is -1.96. The van der Waals surface area contributed by atoms with E-state index in [1.807, 2.05) is 50.2 Å². The lowest BCUT2D eigenvalue weighted by molar-refractivity contribution is -0.183. The van der Waals surface area contributed by atoms with E-state index in [1.165, 1.54) is 12.8 Å². The van der Waals surface area contributed by atoms with Gasteiger partial charge in [0.25, 0.3) is 5.91 Å². The normalized spacial score (nSPS) is 29.1. The molecule has 2 aromatic rings. The van der Waals surface area contributed by atoms with Crippen LogP contribution < -0.4 is 5.32 Å². The van der Waals surface area contributed by atoms with Crippen molar-refractivity contribution in [2.45, 2.75) is 89.4 Å². The first kappa shape index (κ1) is 25.7. The highest BCUT2D eigenvalue weighted by molar-refractivity contribution is 6.30. The zero-order valence-corrected chi connectivity index (χ0v) is 22.1. The quantitative estimate of drug-likeness (QED) is 0.491. The van der Waals surface area contributed by atoms with Crippen molar-refractivity contribution in [3.8, 4) is 0 Å². The first-order valence-electron chi connectivity index (χ1n) is 12.9. The van der Waals surface area contributed by atoms with E-state index in [0.29, 0.717) is 43.5 Å². The third-order valence-electron chi connectivity index (χ3n) is 7.26. The summed E-state index contributed by atoms with van der Waals surface area (Å²) in [7, 11) is 0. The first-order valence-corrected chi connectivity index (χ1v) is 13.3. The lowest BCUT2D eigenvalue weighted by Gasteiger charge is -2.43. The molecule has 0 aromatic heterocycles. The minimum atomic E-state index is -1.08. The Bertz CT molecular complexity index is 1090. The van der Waals surface area contributed by atoms with Gasteiger partial charge in [-0.25, -0.2) is 0 Å². The summed E-state index contributed by atoms with van der Waals surface area (Å²) in [6, 6.07) is 15.8. The van der Waals surface area contributed by atoms with Crippen molar-refractivity contribution in [3.05, 3.63) is 70.2 Å². The lowest BCUT2D eigenvalue weighted by atomic mass is 9.78. The second kappa shape index (κ2) is 10.4. The molecule has 1 heterocycles. The molecule has 1 amide bonds. The highest BCUT2D eigenvalue weighted by atomic mass is 35.5. The minimum Gasteiger partial charge on any atom is -0.371 e. The van der Waals surface area contributed by atoms with Crippen LogP contribution >= 0.6 is 11.6 Å². The average molecular weight is 514 g/mol. The summed E-state index contributed by atoms with van der Waals surface area (Å²) in [5.74, 6) is -0.284. The molecule has 1 saturated heterocycles. The summed E-state index contributed by atoms with van der Waals surface area (Å²) in [5.41, 5.74) is 2.07. The van der Waals surface area contributed by atoms with Crippen molar-refractivity contribution in [2.24, 2.45) is 5.92 Å². The summed E-state index contributed by atoms with van der Waals surface area (Å²) < 4.78 is 25.5. The molecule has 0 bridgehead atoms. The van der Waals surface area contributed by atoms with E-state index in [0.717, 1.165) is 16.7 Å². The number of aryl methyl sites for hydroxylation is 1. The fourth-order valence-electron chi connectivity index (χ4n) is 5.28. The van der Waals surface area contributed by atoms with Crippen LogP contribution in [0.25, 0.3) is 0 Å². The molecule has 2 aromatic carbocycles. The average Bonchev–Trinajstić information content (AvgIpc) is 3.60. The Labute approximate surface area is 218 Å². The Balaban J connectivity index is 1.39. The summed E-state index contributed by atoms with van der Waals surface area (Å²) in [6.45, 7) is 7.23. The van der Waals surface area contributed by atoms with E-state index in [9.17, 15) is 4.79 Å². The molecule has 4 atom stereocenters. The number of fused-ring (bicyclic) bond motifs is 1. The lowest BCUT2D eigenvalue weighted by Crippen LogP contribution is -2.60. The Kier molecular flexibility index (Phi) is 7.44. The van der Waals surface area contributed by atoms with Crippen LogP contribution in [0.15, 0.2) is 48.5 Å². The van der Waals surface area contributed by atoms with E-state index in [2.05, 4.69) is 24.4 Å². The van der Waals surface area contributed by atoms with Gasteiger partial charge in [-0.05, 0) is 62.8 Å². The number of hydrogen-bond donors (Lipinski definition) is 1. The van der Waals surface area contributed by atoms with Gasteiger partial charge in [-0.1, -0.05) is 53.6 Å². The Morgan fingerprint density at radius 1 is 1.06 bits per heavy atom. The van der Waals surface area contributed by atoms with Crippen LogP contribution in [0.2, 0.25) is 5.02 Å². The number of nitrogens with one attached hydrogen (secondary N) is 1. The maximum absolute atomic E-state index is 13.7. The van der Waals surface area contributed by atoms with E-state index >= 15 is 0 Å². The van der Waals surface area contributed by atoms with Gasteiger partial charge in [0.05, 0.1) is 25.4 Å². The summed E-state index contributed by atoms with van der Waals surface area (Å²) in [5, 5.41) is 3.83. The van der Waals surface area contributed by atoms with E-state index in [1.54, 1.807) is 0 Å². The SMILES string of the molecule is Cc1cccc(CO[C@]2(C(=O)NCC3CC3)CC(OCc3cccc(Cl)c3)[C@@H]3OC(C)(C)O[C@@H]3C2)c1. The van der Waals surface area contributed by atoms with Crippen molar-refractivity contribution in [2.75, 3.05) is 6.54 Å². The smallest absolute Gasteiger partial charge is 0.252 e. The van der Waals surface area contributed by atoms with Gasteiger partial charge in [0.1, 0.15) is 6.10 Å². The molecule has 3 aliphatic rings. The van der Waals surface area contributed by atoms with E-state index < -0.39 is 11.4 Å². The van der Waals surface area contributed by atoms with E-state index in [-0.39, 0.29) is 24.2 Å². The largest absolute Gasteiger partial charge is 0.371 e. The number of benzene rings is 2. The maximum Gasteiger partial charge on any atom is 0.252 e. The Morgan fingerprint density at radius 3 is 2.53 bits per heavy atom. The minimum absolute atomic E-state index is 0.0924. The Morgan fingerprint density at radius 2 is 1.81 bits per heavy atom. The number of halogens is 1. The number of amides is 1. The summed E-state index contributed by atoms with van der Waals surface area (Å²) in [6.07, 6.45) is 2.15. The molecule has 0 spiro atoms. The van der Waals surface area contributed by atoms with Crippen molar-refractivity contribution in [1.29, 1.82) is 0 Å². The molecule has 194 valence electrons. The van der Waals surface area contributed by atoms with Gasteiger partial charge >= 0.3 is 0 Å². The van der Waals surface area contributed by atoms with Crippen molar-refractivity contribution >= 4 is 17.5 Å². The standard InChI is InChI=1S/C29H36ClNO5/c1-19-6-4-7-21(12-19)18-34-29(27(32)31-16-20-10-11-20)14-24(26-25(15-29)35-28(2,3)36-26)33-17-22-8-5-9-23(30)13-22/h4-9,12-13,20,24-26H,10-11,14-18H2,1-3H3,(H,31,32)/t24?,25-,26+,29-/m1/s1. The van der Waals surface area contributed by atoms with Crippen molar-refractivity contribution in [3.63, 3.8) is 0 Å². The summed E-state index contributed by atoms with van der Waals surface area (Å²) >= 11 is 6.18. The van der Waals surface area contributed by atoms with Crippen LogP contribution in [0.3, 0.4) is 0 Å². The van der Waals surface area contributed by atoms with Gasteiger partial charge in [0.2, 0.25) is 0 Å². The summed E-state index contributed by atoms with van der Waals surface area (Å²) in [4.78, 5) is 13.7. The molecular formula is C29H36ClNO5. The van der Waals surface area contributed by atoms with Gasteiger partial charge in [0, 0.05) is 24.4 Å². The molecule has 6 nitrogen and oxygen atoms in total. The topological polar surface area (TPSA) is 66.0 Å². The highest BCUT2D eigenvalue weighted by Gasteiger charge is 2.58. The van der Waals surface area contributed by atoms with Crippen molar-refractivity contribution < 1.29 is 23.7 Å². The van der Waals surface area contributed by atoms with Gasteiger partial charge in [-0.15, -0.1) is 0 Å². The monoisotopic (exact) mass is 513 g/mol. The van der Waals surface area contributed by atoms with Crippen LogP contribution in [-0.4, -0.2) is 42.2 Å². The van der Waals surface area contributed by atoms with Crippen LogP contribution in [0.1, 0.15) is 56.2 Å². The zero-order chi connectivity index (χ0) is 25.3. The van der Waals surface area contributed by atoms with Gasteiger partial charge < -0.3 is 24.3 Å². The maximum atomic E-state index is 13.7. The highest BCUT2D eigenvalue weighted by Crippen LogP contribution is 2.44. The number of rotatable bonds is 9. The molecule has 0 radical (unpaired) electrons. The first-order chi connectivity index (χ1) is 17.2. The third-order valence-corrected chi connectivity index (χ3v) is 7.50. The molecule has 2 aliphatic carbocycles.